The van der Waals surface area contributed by atoms with E-state index >= 15 is 0 Å². The van der Waals surface area contributed by atoms with Crippen molar-refractivity contribution in [2.75, 3.05) is 18.5 Å². The van der Waals surface area contributed by atoms with Gasteiger partial charge < -0.3 is 15.5 Å². The number of hydrogen-bond acceptors (Lipinski definition) is 4. The minimum atomic E-state index is -1.38. The molecule has 0 saturated carbocycles. The Morgan fingerprint density at radius 2 is 1.75 bits per heavy atom. The van der Waals surface area contributed by atoms with Crippen molar-refractivity contribution >= 4 is 23.2 Å². The fourth-order valence-electron chi connectivity index (χ4n) is 4.09. The van der Waals surface area contributed by atoms with Crippen LogP contribution in [0.15, 0.2) is 71.7 Å². The number of hydrogen-bond donors (Lipinski definition) is 2. The average Bonchev–Trinajstić information content (AvgIpc) is 2.99. The van der Waals surface area contributed by atoms with Gasteiger partial charge in [-0.15, -0.1) is 0 Å². The highest BCUT2D eigenvalue weighted by atomic mass is 19.2. The van der Waals surface area contributed by atoms with Crippen molar-refractivity contribution in [1.29, 1.82) is 0 Å². The maximum Gasteiger partial charge on any atom is 0.243 e. The van der Waals surface area contributed by atoms with E-state index in [0.717, 1.165) is 28.6 Å². The molecule has 1 aliphatic heterocycles. The molecule has 0 spiro atoms. The number of benzodiazepines with no additional fused rings is 1. The van der Waals surface area contributed by atoms with E-state index in [9.17, 15) is 22.8 Å². The van der Waals surface area contributed by atoms with Gasteiger partial charge in [-0.1, -0.05) is 48.5 Å². The Balaban J connectivity index is 1.49. The molecule has 1 unspecified atom stereocenters. The molecular weight excluding hydrogens is 469 g/mol. The van der Waals surface area contributed by atoms with Crippen LogP contribution in [0.3, 0.4) is 0 Å². The number of halogens is 3. The summed E-state index contributed by atoms with van der Waals surface area (Å²) in [7, 11) is 1.90. The molecule has 9 heteroatoms. The summed E-state index contributed by atoms with van der Waals surface area (Å²) in [4.78, 5) is 32.1. The van der Waals surface area contributed by atoms with Crippen molar-refractivity contribution in [1.82, 2.24) is 10.6 Å². The quantitative estimate of drug-likeness (QED) is 0.515. The molecule has 36 heavy (non-hydrogen) atoms. The third-order valence-corrected chi connectivity index (χ3v) is 5.85. The van der Waals surface area contributed by atoms with Gasteiger partial charge in [-0.05, 0) is 19.1 Å². The van der Waals surface area contributed by atoms with Crippen LogP contribution < -0.4 is 15.5 Å². The summed E-state index contributed by atoms with van der Waals surface area (Å²) < 4.78 is 40.7. The van der Waals surface area contributed by atoms with Crippen molar-refractivity contribution in [3.05, 3.63) is 101 Å². The molecule has 0 bridgehead atoms. The van der Waals surface area contributed by atoms with E-state index in [4.69, 9.17) is 4.99 Å². The van der Waals surface area contributed by atoms with Crippen molar-refractivity contribution in [3.63, 3.8) is 0 Å². The summed E-state index contributed by atoms with van der Waals surface area (Å²) in [5.74, 6) is -4.93. The van der Waals surface area contributed by atoms with E-state index in [-0.39, 0.29) is 0 Å². The third kappa shape index (κ3) is 5.56. The smallest absolute Gasteiger partial charge is 0.243 e. The number of nitrogens with zero attached hydrogens (tertiary/aromatic N) is 2. The molecule has 0 aromatic heterocycles. The van der Waals surface area contributed by atoms with Gasteiger partial charge in [-0.2, -0.15) is 0 Å². The zero-order valence-corrected chi connectivity index (χ0v) is 19.8. The van der Waals surface area contributed by atoms with Crippen LogP contribution in [0.1, 0.15) is 23.6 Å². The van der Waals surface area contributed by atoms with Crippen LogP contribution in [-0.4, -0.2) is 43.3 Å². The number of para-hydroxylation sites is 1. The molecule has 2 amide bonds. The Labute approximate surface area is 206 Å². The molecule has 3 aromatic rings. The Kier molecular flexibility index (Phi) is 7.38. The Hall–Kier alpha value is -4.14. The molecule has 3 aromatic carbocycles. The van der Waals surface area contributed by atoms with Crippen LogP contribution >= 0.6 is 0 Å². The standard InChI is InChI=1S/C27H25F3N4O2/c1-16(31-24(35)13-18-12-19(28)14-21(29)25(18)30)27(36)33-23-15-34(2)22-11-7-6-10-20(22)26(32-23)17-8-4-3-5-9-17/h3-12,14,16,23H,13,15H2,1-2H3,(H,31,35)(H,33,36)/t16?,23-/m1/s1. The molecule has 186 valence electrons. The summed E-state index contributed by atoms with van der Waals surface area (Å²) >= 11 is 0. The van der Waals surface area contributed by atoms with Gasteiger partial charge >= 0.3 is 0 Å². The first kappa shape index (κ1) is 25.0. The largest absolute Gasteiger partial charge is 0.370 e. The fraction of sp³-hybridized carbons (Fsp3) is 0.222. The number of amides is 2. The lowest BCUT2D eigenvalue weighted by molar-refractivity contribution is -0.128. The van der Waals surface area contributed by atoms with Crippen LogP contribution in [-0.2, 0) is 16.0 Å². The first-order valence-corrected chi connectivity index (χ1v) is 11.4. The Morgan fingerprint density at radius 1 is 1.06 bits per heavy atom. The monoisotopic (exact) mass is 494 g/mol. The lowest BCUT2D eigenvalue weighted by Gasteiger charge is -2.24. The molecule has 0 saturated heterocycles. The summed E-state index contributed by atoms with van der Waals surface area (Å²) in [5, 5.41) is 5.29. The summed E-state index contributed by atoms with van der Waals surface area (Å²) in [6.45, 7) is 1.85. The summed E-state index contributed by atoms with van der Waals surface area (Å²) in [6, 6.07) is 17.6. The lowest BCUT2D eigenvalue weighted by Crippen LogP contribution is -2.50. The maximum absolute atomic E-state index is 13.9. The molecule has 2 N–H and O–H groups in total. The minimum absolute atomic E-state index is 0.382. The highest BCUT2D eigenvalue weighted by Crippen LogP contribution is 2.26. The van der Waals surface area contributed by atoms with Crippen molar-refractivity contribution in [3.8, 4) is 0 Å². The molecule has 1 aliphatic rings. The number of rotatable bonds is 6. The van der Waals surface area contributed by atoms with Gasteiger partial charge in [0, 0.05) is 35.5 Å². The Morgan fingerprint density at radius 3 is 2.50 bits per heavy atom. The summed E-state index contributed by atoms with van der Waals surface area (Å²) in [6.07, 6.45) is -1.24. The van der Waals surface area contributed by atoms with E-state index < -0.39 is 53.5 Å². The molecule has 0 fully saturated rings. The predicted octanol–water partition coefficient (Wildman–Crippen LogP) is 3.58. The molecule has 1 heterocycles. The molecule has 2 atom stereocenters. The highest BCUT2D eigenvalue weighted by Gasteiger charge is 2.26. The van der Waals surface area contributed by atoms with Crippen LogP contribution in [0.2, 0.25) is 0 Å². The number of carbonyl (C=O) groups excluding carboxylic acids is 2. The molecule has 4 rings (SSSR count). The van der Waals surface area contributed by atoms with Gasteiger partial charge in [0.1, 0.15) is 18.0 Å². The molecule has 0 aliphatic carbocycles. The van der Waals surface area contributed by atoms with Crippen molar-refractivity contribution in [2.45, 2.75) is 25.6 Å². The first-order chi connectivity index (χ1) is 17.2. The number of fused-ring (bicyclic) bond motifs is 1. The second-order valence-electron chi connectivity index (χ2n) is 8.59. The van der Waals surface area contributed by atoms with Gasteiger partial charge in [0.2, 0.25) is 11.8 Å². The number of aliphatic imine (C=N–C) groups is 1. The predicted molar refractivity (Wildman–Crippen MR) is 131 cm³/mol. The normalized spacial score (nSPS) is 15.9. The van der Waals surface area contributed by atoms with Crippen molar-refractivity contribution < 1.29 is 22.8 Å². The molecular formula is C27H25F3N4O2. The topological polar surface area (TPSA) is 73.8 Å². The molecule has 0 radical (unpaired) electrons. The van der Waals surface area contributed by atoms with Gasteiger partial charge in [-0.3, -0.25) is 14.6 Å². The first-order valence-electron chi connectivity index (χ1n) is 11.4. The van der Waals surface area contributed by atoms with E-state index in [1.165, 1.54) is 6.92 Å². The molecule has 6 nitrogen and oxygen atoms in total. The maximum atomic E-state index is 13.9. The van der Waals surface area contributed by atoms with E-state index in [2.05, 4.69) is 10.6 Å². The summed E-state index contributed by atoms with van der Waals surface area (Å²) in [5.41, 5.74) is 3.07. The van der Waals surface area contributed by atoms with Crippen LogP contribution in [0, 0.1) is 17.5 Å². The van der Waals surface area contributed by atoms with Crippen LogP contribution in [0.25, 0.3) is 0 Å². The number of benzene rings is 3. The van der Waals surface area contributed by atoms with Crippen molar-refractivity contribution in [2.24, 2.45) is 4.99 Å². The second-order valence-corrected chi connectivity index (χ2v) is 8.59. The highest BCUT2D eigenvalue weighted by molar-refractivity contribution is 6.16. The zero-order chi connectivity index (χ0) is 25.8. The van der Waals surface area contributed by atoms with Gasteiger partial charge in [0.25, 0.3) is 0 Å². The number of nitrogens with one attached hydrogen (secondary N) is 2. The van der Waals surface area contributed by atoms with Gasteiger partial charge in [0.15, 0.2) is 11.6 Å². The number of likely N-dealkylation sites (N-methyl/N-ethyl adjacent to an activating group) is 1. The average molecular weight is 495 g/mol. The zero-order valence-electron chi connectivity index (χ0n) is 19.8. The van der Waals surface area contributed by atoms with Crippen LogP contribution in [0.4, 0.5) is 18.9 Å². The van der Waals surface area contributed by atoms with Gasteiger partial charge in [0.05, 0.1) is 18.7 Å². The fourth-order valence-corrected chi connectivity index (χ4v) is 4.09. The second kappa shape index (κ2) is 10.6. The van der Waals surface area contributed by atoms with Gasteiger partial charge in [-0.25, -0.2) is 13.2 Å². The van der Waals surface area contributed by atoms with Crippen LogP contribution in [0.5, 0.6) is 0 Å². The van der Waals surface area contributed by atoms with E-state index in [1.54, 1.807) is 0 Å². The Bertz CT molecular complexity index is 1310. The van der Waals surface area contributed by atoms with E-state index in [1.807, 2.05) is 66.5 Å². The number of anilines is 1. The number of carbonyl (C=O) groups is 2. The SMILES string of the molecule is CC(NC(=O)Cc1cc(F)cc(F)c1F)C(=O)N[C@@H]1CN(C)c2ccccc2C(c2ccccc2)=N1. The minimum Gasteiger partial charge on any atom is -0.370 e. The van der Waals surface area contributed by atoms with E-state index in [0.29, 0.717) is 12.6 Å². The lowest BCUT2D eigenvalue weighted by atomic mass is 10.0. The third-order valence-electron chi connectivity index (χ3n) is 5.85.